The molecule has 0 bridgehead atoms. The van der Waals surface area contributed by atoms with Crippen LogP contribution in [0.4, 0.5) is 26.0 Å². The molecule has 11 heteroatoms. The van der Waals surface area contributed by atoms with Gasteiger partial charge in [0.1, 0.15) is 22.8 Å². The first-order valence-electron chi connectivity index (χ1n) is 13.0. The molecule has 0 unspecified atom stereocenters. The summed E-state index contributed by atoms with van der Waals surface area (Å²) in [6, 6.07) is 12.9. The van der Waals surface area contributed by atoms with Crippen LogP contribution in [0.5, 0.6) is 11.5 Å². The first-order chi connectivity index (χ1) is 19.4. The average Bonchev–Trinajstić information content (AvgIpc) is 3.79. The lowest BCUT2D eigenvalue weighted by atomic mass is 10.0. The minimum atomic E-state index is -1.26. The predicted octanol–water partition coefficient (Wildman–Crippen LogP) is 4.47. The maximum atomic E-state index is 15.1. The average molecular weight is 545 g/mol. The van der Waals surface area contributed by atoms with E-state index in [4.69, 9.17) is 4.74 Å². The van der Waals surface area contributed by atoms with Crippen molar-refractivity contribution in [3.05, 3.63) is 78.6 Å². The molecule has 0 radical (unpaired) electrons. The fourth-order valence-electron chi connectivity index (χ4n) is 4.66. The molecule has 1 aliphatic heterocycles. The molecule has 2 aromatic carbocycles. The summed E-state index contributed by atoms with van der Waals surface area (Å²) in [6.07, 6.45) is 3.98. The molecule has 6 rings (SSSR count). The number of aromatic nitrogens is 2. The third-order valence-electron chi connectivity index (χ3n) is 7.14. The minimum absolute atomic E-state index is 0.0353. The highest BCUT2D eigenvalue weighted by Gasteiger charge is 2.56. The number of ether oxygens (including phenoxy) is 1. The zero-order valence-electron chi connectivity index (χ0n) is 21.4. The maximum absolute atomic E-state index is 15.1. The zero-order chi connectivity index (χ0) is 27.7. The molecule has 2 aliphatic rings. The smallest absolute Gasteiger partial charge is 0.240 e. The Labute approximate surface area is 228 Å². The number of piperazine rings is 1. The SMILES string of the molecule is O=C(Nc1ccc(F)cc1)C1(C(=O)Nc2ccc(Oc3ccnc4cc(N5CCNCC5)ncc34)c(F)c2)CC1. The van der Waals surface area contributed by atoms with Crippen LogP contribution in [0, 0.1) is 17.0 Å². The van der Waals surface area contributed by atoms with Crippen molar-refractivity contribution in [1.29, 1.82) is 0 Å². The second-order valence-corrected chi connectivity index (χ2v) is 9.85. The van der Waals surface area contributed by atoms with E-state index in [2.05, 4.69) is 30.8 Å². The Morgan fingerprint density at radius 2 is 1.57 bits per heavy atom. The highest BCUT2D eigenvalue weighted by molar-refractivity contribution is 6.16. The number of carbonyl (C=O) groups excluding carboxylic acids is 2. The summed E-state index contributed by atoms with van der Waals surface area (Å²) in [5, 5.41) is 9.23. The van der Waals surface area contributed by atoms with Gasteiger partial charge < -0.3 is 25.6 Å². The minimum Gasteiger partial charge on any atom is -0.453 e. The highest BCUT2D eigenvalue weighted by atomic mass is 19.1. The second-order valence-electron chi connectivity index (χ2n) is 9.85. The van der Waals surface area contributed by atoms with Crippen LogP contribution in [-0.2, 0) is 9.59 Å². The molecule has 2 aromatic heterocycles. The molecule has 3 heterocycles. The van der Waals surface area contributed by atoms with Crippen molar-refractivity contribution in [2.45, 2.75) is 12.8 Å². The van der Waals surface area contributed by atoms with Gasteiger partial charge in [-0.25, -0.2) is 13.8 Å². The predicted molar refractivity (Wildman–Crippen MR) is 146 cm³/mol. The standard InChI is InChI=1S/C29H26F2N6O3/c30-18-1-3-19(4-2-18)35-27(38)29(8-9-29)28(39)36-20-5-6-25(22(31)15-20)40-24-7-10-33-23-16-26(34-17-21(23)24)37-13-11-32-12-14-37/h1-7,10,15-17,32H,8-9,11-14H2,(H,35,38)(H,36,39). The molecule has 204 valence electrons. The van der Waals surface area contributed by atoms with Gasteiger partial charge in [0, 0.05) is 62.1 Å². The number of halogens is 2. The Morgan fingerprint density at radius 3 is 2.27 bits per heavy atom. The first kappa shape index (κ1) is 25.6. The number of benzene rings is 2. The van der Waals surface area contributed by atoms with Crippen molar-refractivity contribution in [1.82, 2.24) is 15.3 Å². The van der Waals surface area contributed by atoms with E-state index in [-0.39, 0.29) is 11.4 Å². The first-order valence-corrected chi connectivity index (χ1v) is 13.0. The lowest BCUT2D eigenvalue weighted by molar-refractivity contribution is -0.131. The van der Waals surface area contributed by atoms with Gasteiger partial charge in [-0.2, -0.15) is 0 Å². The molecule has 2 amide bonds. The van der Waals surface area contributed by atoms with E-state index in [1.165, 1.54) is 36.4 Å². The quantitative estimate of drug-likeness (QED) is 0.295. The summed E-state index contributed by atoms with van der Waals surface area (Å²) in [7, 11) is 0. The number of hydrogen-bond donors (Lipinski definition) is 3. The Hall–Kier alpha value is -4.64. The summed E-state index contributed by atoms with van der Waals surface area (Å²) in [5.41, 5.74) is 0.000451. The fraction of sp³-hybridized carbons (Fsp3) is 0.241. The fourth-order valence-corrected chi connectivity index (χ4v) is 4.66. The van der Waals surface area contributed by atoms with Crippen molar-refractivity contribution in [2.24, 2.45) is 5.41 Å². The van der Waals surface area contributed by atoms with Crippen LogP contribution in [0.1, 0.15) is 12.8 Å². The van der Waals surface area contributed by atoms with Crippen molar-refractivity contribution < 1.29 is 23.1 Å². The van der Waals surface area contributed by atoms with Crippen LogP contribution >= 0.6 is 0 Å². The number of hydrogen-bond acceptors (Lipinski definition) is 7. The highest BCUT2D eigenvalue weighted by Crippen LogP contribution is 2.47. The zero-order valence-corrected chi connectivity index (χ0v) is 21.4. The number of amides is 2. The van der Waals surface area contributed by atoms with Crippen LogP contribution in [0.3, 0.4) is 0 Å². The van der Waals surface area contributed by atoms with Crippen molar-refractivity contribution in [2.75, 3.05) is 41.7 Å². The van der Waals surface area contributed by atoms with Crippen molar-refractivity contribution in [3.63, 3.8) is 0 Å². The van der Waals surface area contributed by atoms with Crippen LogP contribution in [0.15, 0.2) is 67.0 Å². The molecule has 0 spiro atoms. The lowest BCUT2D eigenvalue weighted by Crippen LogP contribution is -2.43. The van der Waals surface area contributed by atoms with Gasteiger partial charge >= 0.3 is 0 Å². The molecular weight excluding hydrogens is 518 g/mol. The Bertz CT molecular complexity index is 1590. The largest absolute Gasteiger partial charge is 0.453 e. The molecule has 3 N–H and O–H groups in total. The van der Waals surface area contributed by atoms with E-state index >= 15 is 4.39 Å². The summed E-state index contributed by atoms with van der Waals surface area (Å²) < 4.78 is 34.1. The van der Waals surface area contributed by atoms with Crippen LogP contribution in [0.25, 0.3) is 10.9 Å². The van der Waals surface area contributed by atoms with Gasteiger partial charge in [0.2, 0.25) is 11.8 Å². The lowest BCUT2D eigenvalue weighted by Gasteiger charge is -2.28. The maximum Gasteiger partial charge on any atom is 0.240 e. The van der Waals surface area contributed by atoms with E-state index in [1.54, 1.807) is 18.5 Å². The molecule has 0 atom stereocenters. The number of nitrogens with one attached hydrogen (secondary N) is 3. The number of rotatable bonds is 7. The molecule has 9 nitrogen and oxygen atoms in total. The van der Waals surface area contributed by atoms with Gasteiger partial charge in [-0.3, -0.25) is 14.6 Å². The van der Waals surface area contributed by atoms with Gasteiger partial charge in [-0.1, -0.05) is 0 Å². The second kappa shape index (κ2) is 10.5. The topological polar surface area (TPSA) is 108 Å². The van der Waals surface area contributed by atoms with E-state index in [9.17, 15) is 14.0 Å². The van der Waals surface area contributed by atoms with E-state index in [1.807, 2.05) is 6.07 Å². The van der Waals surface area contributed by atoms with Crippen LogP contribution < -0.4 is 25.6 Å². The van der Waals surface area contributed by atoms with Gasteiger partial charge in [-0.15, -0.1) is 0 Å². The third kappa shape index (κ3) is 5.15. The Balaban J connectivity index is 1.14. The molecule has 40 heavy (non-hydrogen) atoms. The molecular formula is C29H26F2N6O3. The molecule has 2 fully saturated rings. The normalized spacial score (nSPS) is 15.9. The van der Waals surface area contributed by atoms with Crippen molar-refractivity contribution in [3.8, 4) is 11.5 Å². The van der Waals surface area contributed by atoms with E-state index in [0.717, 1.165) is 38.1 Å². The van der Waals surface area contributed by atoms with Gasteiger partial charge in [0.15, 0.2) is 11.6 Å². The van der Waals surface area contributed by atoms with Gasteiger partial charge in [0.25, 0.3) is 0 Å². The Kier molecular flexibility index (Phi) is 6.72. The van der Waals surface area contributed by atoms with Gasteiger partial charge in [-0.05, 0) is 55.3 Å². The van der Waals surface area contributed by atoms with E-state index < -0.39 is 28.9 Å². The van der Waals surface area contributed by atoms with Crippen molar-refractivity contribution >= 4 is 39.9 Å². The summed E-state index contributed by atoms with van der Waals surface area (Å²) in [6.45, 7) is 3.47. The summed E-state index contributed by atoms with van der Waals surface area (Å²) in [5.74, 6) is -0.957. The number of fused-ring (bicyclic) bond motifs is 1. The number of carbonyl (C=O) groups is 2. The van der Waals surface area contributed by atoms with Gasteiger partial charge in [0.05, 0.1) is 10.9 Å². The number of pyridine rings is 2. The van der Waals surface area contributed by atoms with Crippen LogP contribution in [0.2, 0.25) is 0 Å². The Morgan fingerprint density at radius 1 is 0.875 bits per heavy atom. The molecule has 1 aliphatic carbocycles. The number of anilines is 3. The summed E-state index contributed by atoms with van der Waals surface area (Å²) >= 11 is 0. The van der Waals surface area contributed by atoms with E-state index in [0.29, 0.717) is 35.2 Å². The summed E-state index contributed by atoms with van der Waals surface area (Å²) in [4.78, 5) is 36.9. The monoisotopic (exact) mass is 544 g/mol. The molecule has 1 saturated heterocycles. The number of nitrogens with zero attached hydrogens (tertiary/aromatic N) is 3. The van der Waals surface area contributed by atoms with Crippen LogP contribution in [-0.4, -0.2) is 48.0 Å². The molecule has 1 saturated carbocycles. The third-order valence-corrected chi connectivity index (χ3v) is 7.14. The molecule has 4 aromatic rings.